The molecule has 0 spiro atoms. The Morgan fingerprint density at radius 1 is 1.50 bits per heavy atom. The molecule has 0 aromatic heterocycles. The predicted octanol–water partition coefficient (Wildman–Crippen LogP) is 0.213. The first-order valence-electron chi connectivity index (χ1n) is 1.04. The molecule has 0 aliphatic rings. The second-order valence-corrected chi connectivity index (χ2v) is 1.94. The van der Waals surface area contributed by atoms with Gasteiger partial charge in [0.05, 0.1) is 0 Å². The summed E-state index contributed by atoms with van der Waals surface area (Å²) in [5, 5.41) is 0. The molecule has 0 rings (SSSR count). The lowest BCUT2D eigenvalue weighted by atomic mass is 11.8. The second-order valence-electron chi connectivity index (χ2n) is 0.648. The van der Waals surface area contributed by atoms with Crippen LogP contribution in [0, 0.1) is 0 Å². The normalized spacial score (nSPS) is 11.7. The molecule has 0 saturated carbocycles. The lowest BCUT2D eigenvalue weighted by Crippen LogP contribution is -1.88. The van der Waals surface area contributed by atoms with Crippen LogP contribution < -0.4 is 0 Å². The molecule has 0 radical (unpaired) electrons. The van der Waals surface area contributed by atoms with Crippen molar-refractivity contribution in [2.24, 2.45) is 0 Å². The molecule has 0 aliphatic heterocycles. The van der Waals surface area contributed by atoms with E-state index < -0.39 is 16.2 Å². The van der Waals surface area contributed by atoms with Crippen LogP contribution in [0.5, 0.6) is 0 Å². The fourth-order valence-corrected chi connectivity index (χ4v) is 0. The first-order valence-corrected chi connectivity index (χ1v) is 2.60. The zero-order valence-electron chi connectivity index (χ0n) is 2.69. The van der Waals surface area contributed by atoms with Crippen LogP contribution in [0.2, 0.25) is 0 Å². The lowest BCUT2D eigenvalue weighted by molar-refractivity contribution is 0.500. The molecule has 2 nitrogen and oxygen atoms in total. The monoisotopic (exact) mass is 116 g/mol. The maximum atomic E-state index is 10.7. The van der Waals surface area contributed by atoms with Crippen molar-refractivity contribution >= 4 is 10.2 Å². The third kappa shape index (κ3) is 3.81. The van der Waals surface area contributed by atoms with Crippen LogP contribution in [0.15, 0.2) is 0 Å². The number of hydrogen-bond donors (Lipinski definition) is 0. The molecule has 0 aromatic carbocycles. The van der Waals surface area contributed by atoms with Gasteiger partial charge in [0.15, 0.2) is 0 Å². The van der Waals surface area contributed by atoms with Crippen LogP contribution >= 0.6 is 0 Å². The summed E-state index contributed by atoms with van der Waals surface area (Å²) in [5.41, 5.74) is 0. The van der Waals surface area contributed by atoms with E-state index in [1.807, 2.05) is 0 Å². The molecule has 0 amide bonds. The minimum atomic E-state index is -4.83. The minimum absolute atomic E-state index is 1.92. The van der Waals surface area contributed by atoms with Gasteiger partial charge in [-0.2, -0.15) is 8.42 Å². The van der Waals surface area contributed by atoms with Crippen molar-refractivity contribution in [1.29, 1.82) is 0 Å². The Kier molecular flexibility index (Phi) is 1.46. The standard InChI is InChI=1S/CH2F2O2S/c2-1-6(3,4)5/h1H2. The Morgan fingerprint density at radius 2 is 1.67 bits per heavy atom. The molecule has 0 fully saturated rings. The van der Waals surface area contributed by atoms with Crippen LogP contribution in [0.1, 0.15) is 0 Å². The maximum absolute atomic E-state index is 10.7. The third-order valence-electron chi connectivity index (χ3n) is 0.130. The highest BCUT2D eigenvalue weighted by Gasteiger charge is 2.01. The smallest absolute Gasteiger partial charge is 0.231 e. The molecule has 0 aliphatic carbocycles. The van der Waals surface area contributed by atoms with Gasteiger partial charge in [0.25, 0.3) is 0 Å². The fraction of sp³-hybridized carbons (Fsp3) is 1.00. The Bertz CT molecular complexity index is 114. The number of alkyl halides is 1. The van der Waals surface area contributed by atoms with E-state index in [2.05, 4.69) is 0 Å². The SMILES string of the molecule is O=S(=O)(F)CF. The van der Waals surface area contributed by atoms with Gasteiger partial charge in [0.1, 0.15) is 0 Å². The molecular formula is CH2F2O2S. The van der Waals surface area contributed by atoms with E-state index in [1.165, 1.54) is 0 Å². The first kappa shape index (κ1) is 5.81. The van der Waals surface area contributed by atoms with Gasteiger partial charge in [0, 0.05) is 0 Å². The van der Waals surface area contributed by atoms with Gasteiger partial charge in [0.2, 0.25) is 6.01 Å². The topological polar surface area (TPSA) is 34.1 Å². The summed E-state index contributed by atoms with van der Waals surface area (Å²) in [5.74, 6) is 0. The number of halogens is 2. The van der Waals surface area contributed by atoms with Crippen LogP contribution in [0.4, 0.5) is 8.28 Å². The number of hydrogen-bond acceptors (Lipinski definition) is 2. The molecule has 0 aromatic rings. The quantitative estimate of drug-likeness (QED) is 0.459. The van der Waals surface area contributed by atoms with E-state index in [4.69, 9.17) is 8.42 Å². The zero-order chi connectivity index (χ0) is 5.21. The van der Waals surface area contributed by atoms with Gasteiger partial charge >= 0.3 is 10.2 Å². The van der Waals surface area contributed by atoms with E-state index in [9.17, 15) is 8.28 Å². The second kappa shape index (κ2) is 1.51. The van der Waals surface area contributed by atoms with Gasteiger partial charge in [-0.05, 0) is 0 Å². The summed E-state index contributed by atoms with van der Waals surface area (Å²) in [4.78, 5) is 0. The molecule has 5 heteroatoms. The summed E-state index contributed by atoms with van der Waals surface area (Å²) in [6.07, 6.45) is 0. The van der Waals surface area contributed by atoms with Crippen molar-refractivity contribution in [1.82, 2.24) is 0 Å². The van der Waals surface area contributed by atoms with Gasteiger partial charge in [-0.15, -0.1) is 3.89 Å². The zero-order valence-corrected chi connectivity index (χ0v) is 3.50. The average molecular weight is 116 g/mol. The largest absolute Gasteiger partial charge is 0.331 e. The van der Waals surface area contributed by atoms with Crippen molar-refractivity contribution in [2.75, 3.05) is 6.01 Å². The van der Waals surface area contributed by atoms with E-state index in [0.717, 1.165) is 0 Å². The number of rotatable bonds is 1. The van der Waals surface area contributed by atoms with Crippen molar-refractivity contribution in [3.63, 3.8) is 0 Å². The van der Waals surface area contributed by atoms with Crippen LogP contribution in [-0.4, -0.2) is 14.4 Å². The maximum Gasteiger partial charge on any atom is 0.331 e. The van der Waals surface area contributed by atoms with Gasteiger partial charge in [-0.3, -0.25) is 0 Å². The average Bonchev–Trinajstić information content (AvgIpc) is 1.35. The molecule has 6 heavy (non-hydrogen) atoms. The molecule has 0 heterocycles. The Labute approximate surface area is 34.0 Å². The van der Waals surface area contributed by atoms with Crippen LogP contribution in [-0.2, 0) is 10.2 Å². The highest BCUT2D eigenvalue weighted by atomic mass is 32.3. The molecule has 0 bridgehead atoms. The Balaban J connectivity index is 3.85. The predicted molar refractivity (Wildman–Crippen MR) is 16.0 cm³/mol. The summed E-state index contributed by atoms with van der Waals surface area (Å²) in [7, 11) is -4.83. The molecule has 0 atom stereocenters. The van der Waals surface area contributed by atoms with Gasteiger partial charge in [-0.25, -0.2) is 4.39 Å². The highest BCUT2D eigenvalue weighted by Crippen LogP contribution is 1.87. The Hall–Kier alpha value is -0.190. The van der Waals surface area contributed by atoms with E-state index in [-0.39, 0.29) is 0 Å². The molecular weight excluding hydrogens is 114 g/mol. The molecule has 0 N–H and O–H groups in total. The lowest BCUT2D eigenvalue weighted by Gasteiger charge is -1.72. The van der Waals surface area contributed by atoms with Crippen molar-refractivity contribution in [3.8, 4) is 0 Å². The minimum Gasteiger partial charge on any atom is -0.231 e. The van der Waals surface area contributed by atoms with E-state index in [1.54, 1.807) is 0 Å². The van der Waals surface area contributed by atoms with E-state index in [0.29, 0.717) is 0 Å². The summed E-state index contributed by atoms with van der Waals surface area (Å²) >= 11 is 0. The highest BCUT2D eigenvalue weighted by molar-refractivity contribution is 7.86. The Morgan fingerprint density at radius 3 is 1.67 bits per heavy atom. The molecule has 0 unspecified atom stereocenters. The summed E-state index contributed by atoms with van der Waals surface area (Å²) in [6, 6.07) is -1.92. The van der Waals surface area contributed by atoms with Crippen molar-refractivity contribution in [3.05, 3.63) is 0 Å². The van der Waals surface area contributed by atoms with Crippen molar-refractivity contribution < 1.29 is 16.7 Å². The first-order chi connectivity index (χ1) is 2.56. The molecule has 0 saturated heterocycles. The van der Waals surface area contributed by atoms with Gasteiger partial charge in [-0.1, -0.05) is 0 Å². The van der Waals surface area contributed by atoms with Crippen LogP contribution in [0.25, 0.3) is 0 Å². The van der Waals surface area contributed by atoms with Crippen molar-refractivity contribution in [2.45, 2.75) is 0 Å². The fourth-order valence-electron chi connectivity index (χ4n) is 0. The van der Waals surface area contributed by atoms with E-state index >= 15 is 0 Å². The molecule has 38 valence electrons. The van der Waals surface area contributed by atoms with Crippen LogP contribution in [0.3, 0.4) is 0 Å². The summed E-state index contributed by atoms with van der Waals surface area (Å²) in [6.45, 7) is 0. The third-order valence-corrected chi connectivity index (χ3v) is 0.391. The van der Waals surface area contributed by atoms with Gasteiger partial charge < -0.3 is 0 Å². The summed E-state index contributed by atoms with van der Waals surface area (Å²) < 4.78 is 39.2.